The van der Waals surface area contributed by atoms with E-state index in [9.17, 15) is 9.18 Å². The van der Waals surface area contributed by atoms with Gasteiger partial charge in [0.05, 0.1) is 0 Å². The second kappa shape index (κ2) is 4.07. The molecule has 3 rings (SSSR count). The maximum Gasteiger partial charge on any atom is 0.195 e. The van der Waals surface area contributed by atoms with Crippen molar-refractivity contribution in [3.8, 4) is 0 Å². The minimum Gasteiger partial charge on any atom is -0.360 e. The van der Waals surface area contributed by atoms with Crippen LogP contribution < -0.4 is 0 Å². The normalized spacial score (nSPS) is 10.7. The number of hydrogen-bond acceptors (Lipinski definition) is 2. The Morgan fingerprint density at radius 2 is 2.17 bits per heavy atom. The number of carbonyl (C=O) groups excluding carboxylic acids is 1. The third kappa shape index (κ3) is 1.68. The Morgan fingerprint density at radius 3 is 3.00 bits per heavy atom. The highest BCUT2D eigenvalue weighted by atomic mass is 19.1. The molecule has 0 spiro atoms. The van der Waals surface area contributed by atoms with E-state index in [1.165, 1.54) is 18.2 Å². The molecule has 0 saturated heterocycles. The average Bonchev–Trinajstić information content (AvgIpc) is 2.82. The highest BCUT2D eigenvalue weighted by Gasteiger charge is 2.14. The zero-order valence-corrected chi connectivity index (χ0v) is 9.35. The molecule has 2 aromatic heterocycles. The summed E-state index contributed by atoms with van der Waals surface area (Å²) in [6.45, 7) is 0. The first-order chi connectivity index (χ1) is 8.75. The summed E-state index contributed by atoms with van der Waals surface area (Å²) < 4.78 is 13.1. The van der Waals surface area contributed by atoms with Crippen LogP contribution in [0.15, 0.2) is 48.9 Å². The van der Waals surface area contributed by atoms with Gasteiger partial charge in [0.25, 0.3) is 0 Å². The molecule has 0 aliphatic rings. The van der Waals surface area contributed by atoms with Crippen LogP contribution in [-0.4, -0.2) is 15.8 Å². The highest BCUT2D eigenvalue weighted by molar-refractivity contribution is 6.16. The van der Waals surface area contributed by atoms with Crippen molar-refractivity contribution in [1.82, 2.24) is 9.97 Å². The first-order valence-corrected chi connectivity index (χ1v) is 5.47. The third-order valence-electron chi connectivity index (χ3n) is 2.81. The van der Waals surface area contributed by atoms with Gasteiger partial charge in [0, 0.05) is 40.6 Å². The van der Waals surface area contributed by atoms with Gasteiger partial charge in [0.2, 0.25) is 0 Å². The number of aromatic nitrogens is 2. The average molecular weight is 240 g/mol. The molecule has 0 atom stereocenters. The van der Waals surface area contributed by atoms with Crippen molar-refractivity contribution in [1.29, 1.82) is 0 Å². The Bertz CT molecular complexity index is 733. The number of aromatic amines is 1. The van der Waals surface area contributed by atoms with Crippen LogP contribution in [0, 0.1) is 5.82 Å². The number of fused-ring (bicyclic) bond motifs is 1. The summed E-state index contributed by atoms with van der Waals surface area (Å²) in [6, 6.07) is 7.46. The summed E-state index contributed by atoms with van der Waals surface area (Å²) in [5.74, 6) is -0.632. The molecule has 0 amide bonds. The predicted molar refractivity (Wildman–Crippen MR) is 65.9 cm³/mol. The van der Waals surface area contributed by atoms with Crippen molar-refractivity contribution in [2.45, 2.75) is 0 Å². The number of hydrogen-bond donors (Lipinski definition) is 1. The Labute approximate surface area is 102 Å². The SMILES string of the molecule is O=C(c1cccc(F)c1)c1c[nH]c2ccncc12. The fourth-order valence-corrected chi connectivity index (χ4v) is 1.94. The minimum atomic E-state index is -0.418. The van der Waals surface area contributed by atoms with E-state index in [0.29, 0.717) is 11.1 Å². The van der Waals surface area contributed by atoms with E-state index in [0.717, 1.165) is 10.9 Å². The van der Waals surface area contributed by atoms with Gasteiger partial charge in [-0.1, -0.05) is 12.1 Å². The molecule has 1 aromatic carbocycles. The summed E-state index contributed by atoms with van der Waals surface area (Å²) in [6.07, 6.45) is 4.90. The first kappa shape index (κ1) is 10.7. The van der Waals surface area contributed by atoms with Crippen molar-refractivity contribution in [3.05, 3.63) is 65.9 Å². The number of pyridine rings is 1. The highest BCUT2D eigenvalue weighted by Crippen LogP contribution is 2.20. The summed E-state index contributed by atoms with van der Waals surface area (Å²) >= 11 is 0. The van der Waals surface area contributed by atoms with Gasteiger partial charge in [-0.05, 0) is 18.2 Å². The zero-order valence-electron chi connectivity index (χ0n) is 9.35. The molecule has 3 nitrogen and oxygen atoms in total. The van der Waals surface area contributed by atoms with E-state index in [2.05, 4.69) is 9.97 Å². The third-order valence-corrected chi connectivity index (χ3v) is 2.81. The van der Waals surface area contributed by atoms with E-state index >= 15 is 0 Å². The van der Waals surface area contributed by atoms with Crippen LogP contribution in [-0.2, 0) is 0 Å². The van der Waals surface area contributed by atoms with Crippen LogP contribution in [0.1, 0.15) is 15.9 Å². The topological polar surface area (TPSA) is 45.8 Å². The number of nitrogens with zero attached hydrogens (tertiary/aromatic N) is 1. The number of carbonyl (C=O) groups is 1. The lowest BCUT2D eigenvalue weighted by atomic mass is 10.0. The van der Waals surface area contributed by atoms with Crippen molar-refractivity contribution in [3.63, 3.8) is 0 Å². The van der Waals surface area contributed by atoms with Crippen LogP contribution in [0.5, 0.6) is 0 Å². The summed E-state index contributed by atoms with van der Waals surface area (Å²) in [7, 11) is 0. The van der Waals surface area contributed by atoms with E-state index < -0.39 is 5.82 Å². The molecule has 0 bridgehead atoms. The molecule has 2 heterocycles. The predicted octanol–water partition coefficient (Wildman–Crippen LogP) is 2.93. The summed E-state index contributed by atoms with van der Waals surface area (Å²) in [5.41, 5.74) is 1.67. The molecule has 0 radical (unpaired) electrons. The van der Waals surface area contributed by atoms with Crippen molar-refractivity contribution >= 4 is 16.7 Å². The molecular formula is C14H9FN2O. The molecule has 0 aliphatic carbocycles. The molecule has 4 heteroatoms. The summed E-state index contributed by atoms with van der Waals surface area (Å²) in [5, 5.41) is 0.742. The van der Waals surface area contributed by atoms with Crippen LogP contribution in [0.2, 0.25) is 0 Å². The lowest BCUT2D eigenvalue weighted by Gasteiger charge is -1.99. The van der Waals surface area contributed by atoms with Gasteiger partial charge in [0.1, 0.15) is 5.82 Å². The first-order valence-electron chi connectivity index (χ1n) is 5.47. The van der Waals surface area contributed by atoms with E-state index in [-0.39, 0.29) is 5.78 Å². The van der Waals surface area contributed by atoms with Gasteiger partial charge in [0.15, 0.2) is 5.78 Å². The van der Waals surface area contributed by atoms with Gasteiger partial charge in [-0.25, -0.2) is 4.39 Å². The Hall–Kier alpha value is -2.49. The number of H-pyrrole nitrogens is 1. The molecule has 3 aromatic rings. The maximum atomic E-state index is 13.1. The molecule has 1 N–H and O–H groups in total. The maximum absolute atomic E-state index is 13.1. The molecule has 88 valence electrons. The van der Waals surface area contributed by atoms with E-state index in [1.807, 2.05) is 0 Å². The van der Waals surface area contributed by atoms with Gasteiger partial charge in [-0.15, -0.1) is 0 Å². The Kier molecular flexibility index (Phi) is 2.41. The van der Waals surface area contributed by atoms with Crippen molar-refractivity contribution in [2.75, 3.05) is 0 Å². The molecular weight excluding hydrogens is 231 g/mol. The fourth-order valence-electron chi connectivity index (χ4n) is 1.94. The minimum absolute atomic E-state index is 0.214. The van der Waals surface area contributed by atoms with Crippen LogP contribution in [0.3, 0.4) is 0 Å². The van der Waals surface area contributed by atoms with Crippen molar-refractivity contribution < 1.29 is 9.18 Å². The molecule has 0 saturated carbocycles. The molecule has 0 aliphatic heterocycles. The second-order valence-electron chi connectivity index (χ2n) is 3.96. The van der Waals surface area contributed by atoms with E-state index in [4.69, 9.17) is 0 Å². The van der Waals surface area contributed by atoms with Crippen molar-refractivity contribution in [2.24, 2.45) is 0 Å². The monoisotopic (exact) mass is 240 g/mol. The number of benzene rings is 1. The lowest BCUT2D eigenvalue weighted by Crippen LogP contribution is -2.00. The second-order valence-corrected chi connectivity index (χ2v) is 3.96. The van der Waals surface area contributed by atoms with Crippen LogP contribution in [0.4, 0.5) is 4.39 Å². The Balaban J connectivity index is 2.12. The largest absolute Gasteiger partial charge is 0.360 e. The molecule has 0 unspecified atom stereocenters. The van der Waals surface area contributed by atoms with Gasteiger partial charge in [-0.2, -0.15) is 0 Å². The van der Waals surface area contributed by atoms with Crippen LogP contribution in [0.25, 0.3) is 10.9 Å². The number of nitrogens with one attached hydrogen (secondary N) is 1. The standard InChI is InChI=1S/C14H9FN2O/c15-10-3-1-2-9(6-10)14(18)12-8-17-13-4-5-16-7-11(12)13/h1-8,17H. The number of rotatable bonds is 2. The smallest absolute Gasteiger partial charge is 0.195 e. The van der Waals surface area contributed by atoms with Gasteiger partial charge in [-0.3, -0.25) is 9.78 Å². The molecule has 18 heavy (non-hydrogen) atoms. The Morgan fingerprint density at radius 1 is 1.28 bits per heavy atom. The molecule has 0 fully saturated rings. The van der Waals surface area contributed by atoms with E-state index in [1.54, 1.807) is 30.7 Å². The van der Waals surface area contributed by atoms with Crippen LogP contribution >= 0.6 is 0 Å². The van der Waals surface area contributed by atoms with Gasteiger partial charge >= 0.3 is 0 Å². The number of halogens is 1. The van der Waals surface area contributed by atoms with Gasteiger partial charge < -0.3 is 4.98 Å². The quantitative estimate of drug-likeness (QED) is 0.700. The fraction of sp³-hybridized carbons (Fsp3) is 0. The lowest BCUT2D eigenvalue weighted by molar-refractivity contribution is 0.104. The summed E-state index contributed by atoms with van der Waals surface area (Å²) in [4.78, 5) is 19.3. The number of ketones is 1. The zero-order chi connectivity index (χ0) is 12.5.